The van der Waals surface area contributed by atoms with Gasteiger partial charge in [-0.1, -0.05) is 140 Å². The van der Waals surface area contributed by atoms with E-state index >= 15 is 0 Å². The molecule has 0 atom stereocenters. The van der Waals surface area contributed by atoms with Crippen LogP contribution in [0, 0.1) is 0 Å². The van der Waals surface area contributed by atoms with E-state index in [1.807, 2.05) is 0 Å². The van der Waals surface area contributed by atoms with E-state index in [0.29, 0.717) is 0 Å². The highest BCUT2D eigenvalue weighted by Crippen LogP contribution is 2.46. The summed E-state index contributed by atoms with van der Waals surface area (Å²) in [6.45, 7) is 0. The second kappa shape index (κ2) is 12.5. The molecule has 0 saturated heterocycles. The molecule has 12 rings (SSSR count). The van der Waals surface area contributed by atoms with Gasteiger partial charge in [-0.25, -0.2) is 0 Å². The Kier molecular flexibility index (Phi) is 6.93. The quantitative estimate of drug-likeness (QED) is 0.173. The molecule has 0 fully saturated rings. The van der Waals surface area contributed by atoms with Gasteiger partial charge in [0.05, 0.1) is 33.1 Å². The molecule has 9 aromatic carbocycles. The highest BCUT2D eigenvalue weighted by atomic mass is 16.3. The Morgan fingerprint density at radius 1 is 0.316 bits per heavy atom. The van der Waals surface area contributed by atoms with Crippen LogP contribution >= 0.6 is 0 Å². The van der Waals surface area contributed by atoms with Crippen LogP contribution in [0.25, 0.3) is 110 Å². The third-order valence-corrected chi connectivity index (χ3v) is 11.7. The molecule has 0 aliphatic rings. The number of rotatable bonds is 5. The average molecular weight is 727 g/mol. The summed E-state index contributed by atoms with van der Waals surface area (Å²) in [5.74, 6) is 0. The van der Waals surface area contributed by atoms with Crippen LogP contribution in [0.1, 0.15) is 0 Å². The lowest BCUT2D eigenvalue weighted by Gasteiger charge is -2.15. The summed E-state index contributed by atoms with van der Waals surface area (Å²) in [7, 11) is 0. The average Bonchev–Trinajstić information content (AvgIpc) is 3.95. The van der Waals surface area contributed by atoms with Crippen molar-refractivity contribution in [1.82, 2.24) is 9.13 Å². The molecule has 0 aliphatic carbocycles. The smallest absolute Gasteiger partial charge is 0.137 e. The Morgan fingerprint density at radius 3 is 1.51 bits per heavy atom. The molecule has 0 amide bonds. The van der Waals surface area contributed by atoms with Crippen LogP contribution in [0.15, 0.2) is 211 Å². The molecule has 0 radical (unpaired) electrons. The fourth-order valence-corrected chi connectivity index (χ4v) is 9.25. The normalized spacial score (nSPS) is 11.9. The van der Waals surface area contributed by atoms with Gasteiger partial charge in [0.1, 0.15) is 11.2 Å². The van der Waals surface area contributed by atoms with Crippen molar-refractivity contribution in [1.29, 1.82) is 0 Å². The number of para-hydroxylation sites is 4. The standard InChI is InChI=1S/C54H34N2O/c1-4-16-35(17-5-1)37-32-38(36-18-6-2-7-19-36)34-39(33-37)41-24-15-29-49-51(41)52-50(57-49)31-30-45-44-25-14-28-48(53(44)55(54(45)52)40-20-8-3-9-21-40)56-46-26-12-10-22-42(46)43-23-11-13-27-47(43)56/h1-34H. The van der Waals surface area contributed by atoms with Crippen LogP contribution in [0.5, 0.6) is 0 Å². The van der Waals surface area contributed by atoms with Gasteiger partial charge in [0.15, 0.2) is 0 Å². The third-order valence-electron chi connectivity index (χ3n) is 11.7. The van der Waals surface area contributed by atoms with Crippen LogP contribution in [0.4, 0.5) is 0 Å². The molecule has 3 heteroatoms. The van der Waals surface area contributed by atoms with Gasteiger partial charge in [0.2, 0.25) is 0 Å². The molecule has 0 unspecified atom stereocenters. The van der Waals surface area contributed by atoms with E-state index in [-0.39, 0.29) is 0 Å². The largest absolute Gasteiger partial charge is 0.456 e. The molecule has 3 aromatic heterocycles. The molecule has 12 aromatic rings. The fourth-order valence-electron chi connectivity index (χ4n) is 9.25. The number of benzene rings is 9. The van der Waals surface area contributed by atoms with Gasteiger partial charge in [-0.05, 0) is 100 Å². The minimum Gasteiger partial charge on any atom is -0.456 e. The van der Waals surface area contributed by atoms with Crippen LogP contribution in [0.3, 0.4) is 0 Å². The van der Waals surface area contributed by atoms with E-state index in [4.69, 9.17) is 4.42 Å². The lowest BCUT2D eigenvalue weighted by molar-refractivity contribution is 0.669. The van der Waals surface area contributed by atoms with Crippen molar-refractivity contribution in [2.24, 2.45) is 0 Å². The molecule has 3 heterocycles. The second-order valence-corrected chi connectivity index (χ2v) is 14.9. The number of fused-ring (bicyclic) bond motifs is 10. The second-order valence-electron chi connectivity index (χ2n) is 14.9. The van der Waals surface area contributed by atoms with Crippen LogP contribution in [-0.2, 0) is 0 Å². The fraction of sp³-hybridized carbons (Fsp3) is 0. The summed E-state index contributed by atoms with van der Waals surface area (Å²) in [6.07, 6.45) is 0. The Labute approximate surface area is 328 Å². The summed E-state index contributed by atoms with van der Waals surface area (Å²) < 4.78 is 11.8. The van der Waals surface area contributed by atoms with Crippen LogP contribution in [0.2, 0.25) is 0 Å². The summed E-state index contributed by atoms with van der Waals surface area (Å²) in [5.41, 5.74) is 15.6. The van der Waals surface area contributed by atoms with Crippen LogP contribution in [-0.4, -0.2) is 9.13 Å². The van der Waals surface area contributed by atoms with E-state index in [1.165, 1.54) is 54.8 Å². The van der Waals surface area contributed by atoms with E-state index < -0.39 is 0 Å². The Bertz CT molecular complexity index is 3390. The van der Waals surface area contributed by atoms with Gasteiger partial charge in [-0.15, -0.1) is 0 Å². The number of furan rings is 1. The van der Waals surface area contributed by atoms with Crippen molar-refractivity contribution in [2.75, 3.05) is 0 Å². The molecule has 57 heavy (non-hydrogen) atoms. The highest BCUT2D eigenvalue weighted by Gasteiger charge is 2.24. The van der Waals surface area contributed by atoms with E-state index in [0.717, 1.165) is 55.5 Å². The van der Waals surface area contributed by atoms with Gasteiger partial charge < -0.3 is 13.6 Å². The molecule has 0 bridgehead atoms. The molecular weight excluding hydrogens is 693 g/mol. The Morgan fingerprint density at radius 2 is 0.842 bits per heavy atom. The van der Waals surface area contributed by atoms with E-state index in [2.05, 4.69) is 215 Å². The molecular formula is C54H34N2O. The predicted octanol–water partition coefficient (Wildman–Crippen LogP) is 14.8. The molecule has 266 valence electrons. The van der Waals surface area contributed by atoms with Crippen LogP contribution < -0.4 is 0 Å². The van der Waals surface area contributed by atoms with E-state index in [1.54, 1.807) is 0 Å². The van der Waals surface area contributed by atoms with E-state index in [9.17, 15) is 0 Å². The van der Waals surface area contributed by atoms with Gasteiger partial charge in [0, 0.05) is 32.6 Å². The van der Waals surface area contributed by atoms with Crippen molar-refractivity contribution in [2.45, 2.75) is 0 Å². The Hall–Kier alpha value is -7.62. The van der Waals surface area contributed by atoms with Crippen molar-refractivity contribution < 1.29 is 4.42 Å². The van der Waals surface area contributed by atoms with Crippen molar-refractivity contribution >= 4 is 65.6 Å². The predicted molar refractivity (Wildman–Crippen MR) is 239 cm³/mol. The number of aromatic nitrogens is 2. The first-order chi connectivity index (χ1) is 28.3. The third kappa shape index (κ3) is 4.79. The SMILES string of the molecule is c1ccc(-c2cc(-c3ccccc3)cc(-c3cccc4oc5ccc6c7cccc(-n8c9ccccc9c9ccccc98)c7n(-c7ccccc7)c6c5c34)c2)cc1. The lowest BCUT2D eigenvalue weighted by atomic mass is 9.91. The number of nitrogens with zero attached hydrogens (tertiary/aromatic N) is 2. The first-order valence-electron chi connectivity index (χ1n) is 19.5. The monoisotopic (exact) mass is 726 g/mol. The zero-order valence-electron chi connectivity index (χ0n) is 30.9. The first-order valence-corrected chi connectivity index (χ1v) is 19.5. The molecule has 0 spiro atoms. The number of hydrogen-bond donors (Lipinski definition) is 0. The van der Waals surface area contributed by atoms with Gasteiger partial charge >= 0.3 is 0 Å². The molecule has 0 aliphatic heterocycles. The number of hydrogen-bond acceptors (Lipinski definition) is 1. The minimum atomic E-state index is 0.867. The van der Waals surface area contributed by atoms with Gasteiger partial charge in [0.25, 0.3) is 0 Å². The van der Waals surface area contributed by atoms with Crippen molar-refractivity contribution in [3.63, 3.8) is 0 Å². The van der Waals surface area contributed by atoms with Gasteiger partial charge in [-0.2, -0.15) is 0 Å². The topological polar surface area (TPSA) is 23.0 Å². The zero-order valence-corrected chi connectivity index (χ0v) is 30.9. The zero-order chi connectivity index (χ0) is 37.5. The molecule has 0 N–H and O–H groups in total. The minimum absolute atomic E-state index is 0.867. The van der Waals surface area contributed by atoms with Gasteiger partial charge in [-0.3, -0.25) is 0 Å². The van der Waals surface area contributed by atoms with Crippen molar-refractivity contribution in [3.8, 4) is 44.8 Å². The van der Waals surface area contributed by atoms with Crippen molar-refractivity contribution in [3.05, 3.63) is 206 Å². The maximum atomic E-state index is 6.84. The first kappa shape index (κ1) is 31.7. The summed E-state index contributed by atoms with van der Waals surface area (Å²) >= 11 is 0. The summed E-state index contributed by atoms with van der Waals surface area (Å²) in [4.78, 5) is 0. The summed E-state index contributed by atoms with van der Waals surface area (Å²) in [6, 6.07) is 74.3. The lowest BCUT2D eigenvalue weighted by Crippen LogP contribution is -2.00. The summed E-state index contributed by atoms with van der Waals surface area (Å²) in [5, 5.41) is 7.09. The maximum absolute atomic E-state index is 6.84. The highest BCUT2D eigenvalue weighted by molar-refractivity contribution is 6.28. The maximum Gasteiger partial charge on any atom is 0.137 e. The Balaban J connectivity index is 1.23. The molecule has 3 nitrogen and oxygen atoms in total. The molecule has 0 saturated carbocycles.